The van der Waals surface area contributed by atoms with Crippen LogP contribution in [-0.4, -0.2) is 12.0 Å². The van der Waals surface area contributed by atoms with E-state index in [1.54, 1.807) is 25.1 Å². The molecule has 0 aliphatic heterocycles. The smallest absolute Gasteiger partial charge is 0.265 e. The van der Waals surface area contributed by atoms with Crippen molar-refractivity contribution in [2.75, 3.05) is 5.32 Å². The van der Waals surface area contributed by atoms with Gasteiger partial charge in [-0.3, -0.25) is 4.79 Å². The average Bonchev–Trinajstić information content (AvgIpc) is 2.47. The molecule has 0 unspecified atom stereocenters. The number of halogens is 3. The second kappa shape index (κ2) is 6.75. The third-order valence-corrected chi connectivity index (χ3v) is 3.51. The molecule has 0 fully saturated rings. The van der Waals surface area contributed by atoms with Crippen LogP contribution in [0.2, 0.25) is 5.02 Å². The summed E-state index contributed by atoms with van der Waals surface area (Å²) >= 11 is 5.98. The molecule has 2 aromatic carbocycles. The largest absolute Gasteiger partial charge is 0.481 e. The Hall–Kier alpha value is -2.14. The number of carbonyl (C=O) groups excluding carboxylic acids is 1. The molecular formula is C16H14ClF2NO2. The van der Waals surface area contributed by atoms with E-state index in [-0.39, 0.29) is 5.75 Å². The molecule has 1 atom stereocenters. The van der Waals surface area contributed by atoms with Gasteiger partial charge in [-0.25, -0.2) is 8.78 Å². The average molecular weight is 326 g/mol. The Kier molecular flexibility index (Phi) is 4.98. The molecule has 0 aliphatic rings. The van der Waals surface area contributed by atoms with Gasteiger partial charge >= 0.3 is 0 Å². The quantitative estimate of drug-likeness (QED) is 0.908. The predicted octanol–water partition coefficient (Wildman–Crippen LogP) is 4.33. The molecule has 22 heavy (non-hydrogen) atoms. The van der Waals surface area contributed by atoms with Gasteiger partial charge in [0.15, 0.2) is 17.7 Å². The summed E-state index contributed by atoms with van der Waals surface area (Å²) in [5.74, 6) is -2.35. The van der Waals surface area contributed by atoms with Gasteiger partial charge in [-0.1, -0.05) is 17.7 Å². The SMILES string of the molecule is Cc1c(Cl)cccc1NC(=O)[C@H](C)Oc1ccc(F)c(F)c1. The molecule has 0 saturated carbocycles. The lowest BCUT2D eigenvalue weighted by atomic mass is 10.2. The van der Waals surface area contributed by atoms with E-state index in [4.69, 9.17) is 16.3 Å². The van der Waals surface area contributed by atoms with Crippen LogP contribution in [0, 0.1) is 18.6 Å². The number of amides is 1. The van der Waals surface area contributed by atoms with Crippen molar-refractivity contribution >= 4 is 23.2 Å². The minimum Gasteiger partial charge on any atom is -0.481 e. The summed E-state index contributed by atoms with van der Waals surface area (Å²) < 4.78 is 31.2. The summed E-state index contributed by atoms with van der Waals surface area (Å²) in [6.07, 6.45) is -0.886. The molecule has 2 aromatic rings. The molecule has 0 heterocycles. The number of anilines is 1. The van der Waals surface area contributed by atoms with Crippen LogP contribution in [0.5, 0.6) is 5.75 Å². The normalized spacial score (nSPS) is 11.9. The van der Waals surface area contributed by atoms with Crippen LogP contribution in [0.25, 0.3) is 0 Å². The minimum absolute atomic E-state index is 0.0735. The number of nitrogens with one attached hydrogen (secondary N) is 1. The molecule has 0 spiro atoms. The molecule has 0 aromatic heterocycles. The van der Waals surface area contributed by atoms with Gasteiger partial charge in [0, 0.05) is 16.8 Å². The first-order valence-corrected chi connectivity index (χ1v) is 6.94. The van der Waals surface area contributed by atoms with E-state index in [1.807, 2.05) is 0 Å². The zero-order valence-corrected chi connectivity index (χ0v) is 12.7. The highest BCUT2D eigenvalue weighted by Gasteiger charge is 2.17. The van der Waals surface area contributed by atoms with Crippen molar-refractivity contribution in [2.24, 2.45) is 0 Å². The van der Waals surface area contributed by atoms with Gasteiger partial charge in [0.1, 0.15) is 5.75 Å². The van der Waals surface area contributed by atoms with E-state index in [0.717, 1.165) is 17.7 Å². The van der Waals surface area contributed by atoms with Crippen LogP contribution in [0.4, 0.5) is 14.5 Å². The van der Waals surface area contributed by atoms with Crippen molar-refractivity contribution in [3.05, 3.63) is 58.6 Å². The van der Waals surface area contributed by atoms with Gasteiger partial charge in [-0.2, -0.15) is 0 Å². The number of hydrogen-bond donors (Lipinski definition) is 1. The van der Waals surface area contributed by atoms with Crippen LogP contribution in [0.15, 0.2) is 36.4 Å². The van der Waals surface area contributed by atoms with Crippen molar-refractivity contribution < 1.29 is 18.3 Å². The van der Waals surface area contributed by atoms with Crippen molar-refractivity contribution in [3.8, 4) is 5.75 Å². The number of benzene rings is 2. The van der Waals surface area contributed by atoms with E-state index < -0.39 is 23.6 Å². The summed E-state index contributed by atoms with van der Waals surface area (Å²) in [6, 6.07) is 8.23. The second-order valence-electron chi connectivity index (χ2n) is 4.74. The lowest BCUT2D eigenvalue weighted by molar-refractivity contribution is -0.122. The maximum absolute atomic E-state index is 13.1. The van der Waals surface area contributed by atoms with Crippen LogP contribution < -0.4 is 10.1 Å². The summed E-state index contributed by atoms with van der Waals surface area (Å²) in [4.78, 5) is 12.1. The number of hydrogen-bond acceptors (Lipinski definition) is 2. The lowest BCUT2D eigenvalue weighted by Gasteiger charge is -2.16. The fraction of sp³-hybridized carbons (Fsp3) is 0.188. The molecule has 1 amide bonds. The van der Waals surface area contributed by atoms with Crippen LogP contribution in [0.1, 0.15) is 12.5 Å². The fourth-order valence-corrected chi connectivity index (χ4v) is 1.96. The predicted molar refractivity (Wildman–Crippen MR) is 81.3 cm³/mol. The maximum Gasteiger partial charge on any atom is 0.265 e. The monoisotopic (exact) mass is 325 g/mol. The Morgan fingerprint density at radius 3 is 2.64 bits per heavy atom. The zero-order chi connectivity index (χ0) is 16.3. The molecule has 3 nitrogen and oxygen atoms in total. The highest BCUT2D eigenvalue weighted by Crippen LogP contribution is 2.23. The number of carbonyl (C=O) groups is 1. The lowest BCUT2D eigenvalue weighted by Crippen LogP contribution is -2.30. The molecule has 116 valence electrons. The summed E-state index contributed by atoms with van der Waals surface area (Å²) in [5, 5.41) is 3.22. The van der Waals surface area contributed by atoms with Gasteiger partial charge < -0.3 is 10.1 Å². The summed E-state index contributed by atoms with van der Waals surface area (Å²) in [6.45, 7) is 3.29. The van der Waals surface area contributed by atoms with E-state index in [1.165, 1.54) is 13.0 Å². The van der Waals surface area contributed by atoms with Crippen molar-refractivity contribution in [1.29, 1.82) is 0 Å². The first-order valence-electron chi connectivity index (χ1n) is 6.56. The molecule has 0 bridgehead atoms. The maximum atomic E-state index is 13.1. The molecule has 1 N–H and O–H groups in total. The molecule has 0 aliphatic carbocycles. The zero-order valence-electron chi connectivity index (χ0n) is 12.0. The molecule has 0 radical (unpaired) electrons. The van der Waals surface area contributed by atoms with Crippen molar-refractivity contribution in [3.63, 3.8) is 0 Å². The Balaban J connectivity index is 2.06. The Morgan fingerprint density at radius 2 is 1.95 bits per heavy atom. The van der Waals surface area contributed by atoms with E-state index in [0.29, 0.717) is 10.7 Å². The third-order valence-electron chi connectivity index (χ3n) is 3.10. The topological polar surface area (TPSA) is 38.3 Å². The molecule has 2 rings (SSSR count). The minimum atomic E-state index is -1.03. The van der Waals surface area contributed by atoms with E-state index in [2.05, 4.69) is 5.32 Å². The Morgan fingerprint density at radius 1 is 1.23 bits per heavy atom. The number of ether oxygens (including phenoxy) is 1. The summed E-state index contributed by atoms with van der Waals surface area (Å²) in [7, 11) is 0. The van der Waals surface area contributed by atoms with Crippen molar-refractivity contribution in [2.45, 2.75) is 20.0 Å². The van der Waals surface area contributed by atoms with Crippen molar-refractivity contribution in [1.82, 2.24) is 0 Å². The van der Waals surface area contributed by atoms with Gasteiger partial charge in [0.2, 0.25) is 0 Å². The molecule has 6 heteroatoms. The third kappa shape index (κ3) is 3.74. The van der Waals surface area contributed by atoms with Gasteiger partial charge in [-0.15, -0.1) is 0 Å². The van der Waals surface area contributed by atoms with E-state index in [9.17, 15) is 13.6 Å². The van der Waals surface area contributed by atoms with Gasteiger partial charge in [0.05, 0.1) is 0 Å². The molecular weight excluding hydrogens is 312 g/mol. The van der Waals surface area contributed by atoms with Gasteiger partial charge in [-0.05, 0) is 43.7 Å². The standard InChI is InChI=1S/C16H14ClF2NO2/c1-9-12(17)4-3-5-15(9)20-16(21)10(2)22-11-6-7-13(18)14(19)8-11/h3-8,10H,1-2H3,(H,20,21)/t10-/m0/s1. The summed E-state index contributed by atoms with van der Waals surface area (Å²) in [5.41, 5.74) is 1.30. The molecule has 0 saturated heterocycles. The van der Waals surface area contributed by atoms with Crippen LogP contribution in [-0.2, 0) is 4.79 Å². The fourth-order valence-electron chi connectivity index (χ4n) is 1.79. The number of rotatable bonds is 4. The van der Waals surface area contributed by atoms with Gasteiger partial charge in [0.25, 0.3) is 5.91 Å². The highest BCUT2D eigenvalue weighted by atomic mass is 35.5. The Bertz CT molecular complexity index is 707. The second-order valence-corrected chi connectivity index (χ2v) is 5.14. The first kappa shape index (κ1) is 16.2. The Labute approximate surface area is 131 Å². The van der Waals surface area contributed by atoms with Crippen LogP contribution in [0.3, 0.4) is 0 Å². The highest BCUT2D eigenvalue weighted by molar-refractivity contribution is 6.31. The first-order chi connectivity index (χ1) is 10.4. The van der Waals surface area contributed by atoms with Crippen LogP contribution >= 0.6 is 11.6 Å². The van der Waals surface area contributed by atoms with E-state index >= 15 is 0 Å².